The lowest BCUT2D eigenvalue weighted by Gasteiger charge is -2.27. The van der Waals surface area contributed by atoms with Crippen molar-refractivity contribution in [2.45, 2.75) is 12.5 Å². The first-order valence-electron chi connectivity index (χ1n) is 9.03. The Morgan fingerprint density at radius 2 is 1.81 bits per heavy atom. The molecule has 2 N–H and O–H groups in total. The lowest BCUT2D eigenvalue weighted by atomic mass is 10.0. The first-order chi connectivity index (χ1) is 13.0. The van der Waals surface area contributed by atoms with Gasteiger partial charge >= 0.3 is 0 Å². The maximum absolute atomic E-state index is 13.0. The summed E-state index contributed by atoms with van der Waals surface area (Å²) in [6, 6.07) is 14.7. The number of guanidine groups is 1. The fourth-order valence-corrected chi connectivity index (χ4v) is 2.90. The summed E-state index contributed by atoms with van der Waals surface area (Å²) < 4.78 is 18.5. The maximum Gasteiger partial charge on any atom is 0.191 e. The Balaban J connectivity index is 1.91. The number of ether oxygens (including phenoxy) is 1. The molecule has 0 spiro atoms. The normalized spacial score (nSPS) is 12.7. The number of nitrogens with zero attached hydrogens (tertiary/aromatic N) is 2. The van der Waals surface area contributed by atoms with Crippen molar-refractivity contribution < 1.29 is 9.13 Å². The van der Waals surface area contributed by atoms with Gasteiger partial charge < -0.3 is 20.3 Å². The smallest absolute Gasteiger partial charge is 0.191 e. The molecule has 2 aromatic carbocycles. The lowest BCUT2D eigenvalue weighted by Crippen LogP contribution is -2.42. The van der Waals surface area contributed by atoms with Gasteiger partial charge in [-0.1, -0.05) is 30.3 Å². The maximum atomic E-state index is 13.0. The number of benzene rings is 2. The summed E-state index contributed by atoms with van der Waals surface area (Å²) in [6.45, 7) is 1.40. The predicted octanol–water partition coefficient (Wildman–Crippen LogP) is 2.84. The second-order valence-corrected chi connectivity index (χ2v) is 6.48. The monoisotopic (exact) mass is 372 g/mol. The molecule has 0 aliphatic rings. The van der Waals surface area contributed by atoms with E-state index in [2.05, 4.69) is 26.6 Å². The van der Waals surface area contributed by atoms with Crippen LogP contribution in [-0.4, -0.2) is 52.2 Å². The van der Waals surface area contributed by atoms with E-state index in [1.165, 1.54) is 12.1 Å². The van der Waals surface area contributed by atoms with Gasteiger partial charge in [-0.05, 0) is 44.3 Å². The fraction of sp³-hybridized carbons (Fsp3) is 0.381. The number of likely N-dealkylation sites (N-methyl/N-ethyl adjacent to an activating group) is 1. The van der Waals surface area contributed by atoms with Gasteiger partial charge in [0.25, 0.3) is 0 Å². The van der Waals surface area contributed by atoms with Gasteiger partial charge in [0.15, 0.2) is 5.96 Å². The summed E-state index contributed by atoms with van der Waals surface area (Å²) in [4.78, 5) is 6.44. The minimum atomic E-state index is -0.213. The topological polar surface area (TPSA) is 48.9 Å². The highest BCUT2D eigenvalue weighted by Crippen LogP contribution is 2.27. The van der Waals surface area contributed by atoms with E-state index in [0.29, 0.717) is 13.1 Å². The summed E-state index contributed by atoms with van der Waals surface area (Å²) in [5.74, 6) is 1.39. The molecule has 0 bridgehead atoms. The van der Waals surface area contributed by atoms with Crippen molar-refractivity contribution in [3.05, 3.63) is 65.5 Å². The van der Waals surface area contributed by atoms with Gasteiger partial charge in [-0.15, -0.1) is 0 Å². The van der Waals surface area contributed by atoms with E-state index in [9.17, 15) is 4.39 Å². The van der Waals surface area contributed by atoms with Crippen LogP contribution in [0.25, 0.3) is 0 Å². The van der Waals surface area contributed by atoms with E-state index in [0.717, 1.165) is 29.3 Å². The predicted molar refractivity (Wildman–Crippen MR) is 109 cm³/mol. The van der Waals surface area contributed by atoms with E-state index < -0.39 is 0 Å². The first kappa shape index (κ1) is 20.7. The molecule has 0 heterocycles. The molecule has 0 saturated carbocycles. The van der Waals surface area contributed by atoms with Crippen molar-refractivity contribution in [3.63, 3.8) is 0 Å². The molecular formula is C21H29FN4O. The van der Waals surface area contributed by atoms with Crippen LogP contribution in [-0.2, 0) is 6.42 Å². The Labute approximate surface area is 161 Å². The molecule has 2 aromatic rings. The number of halogens is 1. The third-order valence-corrected chi connectivity index (χ3v) is 4.43. The second kappa shape index (κ2) is 10.5. The number of rotatable bonds is 8. The van der Waals surface area contributed by atoms with Crippen molar-refractivity contribution in [2.75, 3.05) is 41.3 Å². The van der Waals surface area contributed by atoms with Crippen LogP contribution in [0.3, 0.4) is 0 Å². The third kappa shape index (κ3) is 6.25. The van der Waals surface area contributed by atoms with Crippen LogP contribution < -0.4 is 15.4 Å². The Morgan fingerprint density at radius 3 is 2.44 bits per heavy atom. The summed E-state index contributed by atoms with van der Waals surface area (Å²) in [7, 11) is 7.53. The number of nitrogens with one attached hydrogen (secondary N) is 2. The van der Waals surface area contributed by atoms with Gasteiger partial charge in [0, 0.05) is 25.7 Å². The van der Waals surface area contributed by atoms with E-state index in [-0.39, 0.29) is 11.9 Å². The Bertz CT molecular complexity index is 731. The Kier molecular flexibility index (Phi) is 8.07. The van der Waals surface area contributed by atoms with E-state index in [1.54, 1.807) is 26.3 Å². The summed E-state index contributed by atoms with van der Waals surface area (Å²) >= 11 is 0. The lowest BCUT2D eigenvalue weighted by molar-refractivity contribution is 0.288. The van der Waals surface area contributed by atoms with E-state index in [1.807, 2.05) is 32.3 Å². The molecule has 1 atom stereocenters. The van der Waals surface area contributed by atoms with E-state index >= 15 is 0 Å². The Hall–Kier alpha value is -2.60. The van der Waals surface area contributed by atoms with Gasteiger partial charge in [-0.25, -0.2) is 4.39 Å². The molecule has 0 amide bonds. The second-order valence-electron chi connectivity index (χ2n) is 6.48. The van der Waals surface area contributed by atoms with Gasteiger partial charge in [0.2, 0.25) is 0 Å². The van der Waals surface area contributed by atoms with Crippen molar-refractivity contribution in [2.24, 2.45) is 4.99 Å². The molecule has 146 valence electrons. The zero-order valence-electron chi connectivity index (χ0n) is 16.5. The van der Waals surface area contributed by atoms with Crippen LogP contribution >= 0.6 is 0 Å². The van der Waals surface area contributed by atoms with Crippen LogP contribution in [0.5, 0.6) is 5.75 Å². The van der Waals surface area contributed by atoms with Crippen LogP contribution in [0.2, 0.25) is 0 Å². The molecule has 2 rings (SSSR count). The SMILES string of the molecule is CN=C(NCCc1ccc(F)cc1)NCC(c1ccccc1OC)N(C)C. The highest BCUT2D eigenvalue weighted by atomic mass is 19.1. The van der Waals surface area contributed by atoms with Crippen molar-refractivity contribution in [1.82, 2.24) is 15.5 Å². The van der Waals surface area contributed by atoms with Crippen molar-refractivity contribution in [3.8, 4) is 5.75 Å². The van der Waals surface area contributed by atoms with Crippen LogP contribution in [0.4, 0.5) is 4.39 Å². The standard InChI is InChI=1S/C21H29FN4O/c1-23-21(24-14-13-16-9-11-17(22)12-10-16)25-15-19(26(2)3)18-7-5-6-8-20(18)27-4/h5-12,19H,13-15H2,1-4H3,(H2,23,24,25). The molecule has 1 unspecified atom stereocenters. The molecule has 0 saturated heterocycles. The average molecular weight is 372 g/mol. The third-order valence-electron chi connectivity index (χ3n) is 4.43. The highest BCUT2D eigenvalue weighted by Gasteiger charge is 2.18. The molecule has 27 heavy (non-hydrogen) atoms. The summed E-state index contributed by atoms with van der Waals surface area (Å²) in [5.41, 5.74) is 2.21. The van der Waals surface area contributed by atoms with Crippen molar-refractivity contribution in [1.29, 1.82) is 0 Å². The fourth-order valence-electron chi connectivity index (χ4n) is 2.90. The number of hydrogen-bond acceptors (Lipinski definition) is 3. The molecule has 0 radical (unpaired) electrons. The van der Waals surface area contributed by atoms with Crippen LogP contribution in [0.1, 0.15) is 17.2 Å². The zero-order chi connectivity index (χ0) is 19.6. The Morgan fingerprint density at radius 1 is 1.11 bits per heavy atom. The minimum Gasteiger partial charge on any atom is -0.496 e. The summed E-state index contributed by atoms with van der Waals surface area (Å²) in [6.07, 6.45) is 0.796. The first-order valence-corrected chi connectivity index (χ1v) is 9.03. The van der Waals surface area contributed by atoms with Gasteiger partial charge in [0.05, 0.1) is 13.2 Å². The molecule has 0 aliphatic heterocycles. The highest BCUT2D eigenvalue weighted by molar-refractivity contribution is 5.79. The molecule has 5 nitrogen and oxygen atoms in total. The van der Waals surface area contributed by atoms with E-state index in [4.69, 9.17) is 4.74 Å². The molecular weight excluding hydrogens is 343 g/mol. The minimum absolute atomic E-state index is 0.136. The number of aliphatic imine (C=N–C) groups is 1. The zero-order valence-corrected chi connectivity index (χ0v) is 16.5. The quantitative estimate of drug-likeness (QED) is 0.553. The van der Waals surface area contributed by atoms with Crippen molar-refractivity contribution >= 4 is 5.96 Å². The molecule has 0 aromatic heterocycles. The van der Waals surface area contributed by atoms with Gasteiger partial charge in [-0.2, -0.15) is 0 Å². The van der Waals surface area contributed by atoms with Crippen LogP contribution in [0, 0.1) is 5.82 Å². The average Bonchev–Trinajstić information content (AvgIpc) is 2.68. The number of methoxy groups -OCH3 is 1. The number of hydrogen-bond donors (Lipinski definition) is 2. The molecule has 0 fully saturated rings. The van der Waals surface area contributed by atoms with Gasteiger partial charge in [-0.3, -0.25) is 4.99 Å². The van der Waals surface area contributed by atoms with Crippen LogP contribution in [0.15, 0.2) is 53.5 Å². The number of para-hydroxylation sites is 1. The molecule has 6 heteroatoms. The van der Waals surface area contributed by atoms with Gasteiger partial charge in [0.1, 0.15) is 11.6 Å². The summed E-state index contributed by atoms with van der Waals surface area (Å²) in [5, 5.41) is 6.68. The molecule has 0 aliphatic carbocycles. The largest absolute Gasteiger partial charge is 0.496 e.